The first-order valence-electron chi connectivity index (χ1n) is 8.90. The highest BCUT2D eigenvalue weighted by Gasteiger charge is 2.23. The maximum atomic E-state index is 12.8. The number of rotatable bonds is 4. The zero-order valence-electron chi connectivity index (χ0n) is 14.8. The highest BCUT2D eigenvalue weighted by atomic mass is 79.9. The number of fused-ring (bicyclic) bond motifs is 1. The van der Waals surface area contributed by atoms with Crippen LogP contribution in [0, 0.1) is 6.92 Å². The van der Waals surface area contributed by atoms with E-state index in [1.807, 2.05) is 17.0 Å². The Morgan fingerprint density at radius 2 is 1.92 bits per heavy atom. The van der Waals surface area contributed by atoms with Gasteiger partial charge in [-0.05, 0) is 46.6 Å². The molecule has 0 unspecified atom stereocenters. The number of aromatic nitrogens is 1. The van der Waals surface area contributed by atoms with Crippen molar-refractivity contribution in [2.75, 3.05) is 26.2 Å². The number of halogens is 1. The number of piperazine rings is 1. The van der Waals surface area contributed by atoms with Gasteiger partial charge in [0.05, 0.1) is 10.2 Å². The number of nitrogens with zero attached hydrogens (tertiary/aromatic N) is 2. The lowest BCUT2D eigenvalue weighted by molar-refractivity contribution is -0.132. The second-order valence-corrected chi connectivity index (χ2v) is 9.36. The fourth-order valence-corrected chi connectivity index (χ4v) is 5.16. The van der Waals surface area contributed by atoms with E-state index < -0.39 is 0 Å². The first-order valence-corrected chi connectivity index (χ1v) is 10.5. The van der Waals surface area contributed by atoms with Crippen LogP contribution in [0.3, 0.4) is 0 Å². The smallest absolute Gasteiger partial charge is 0.227 e. The standard InChI is InChI=1S/C20H22BrN3OS/c1-14-17(16-4-2-3-5-18(16)22-14)12-20(25)24-10-8-23(9-11-24)13-15-6-7-19(21)26-15/h2-7,22H,8-13H2,1H3. The van der Waals surface area contributed by atoms with Gasteiger partial charge in [0.2, 0.25) is 5.91 Å². The van der Waals surface area contributed by atoms with Crippen molar-refractivity contribution in [2.24, 2.45) is 0 Å². The molecule has 1 fully saturated rings. The predicted octanol–water partition coefficient (Wildman–Crippen LogP) is 4.19. The summed E-state index contributed by atoms with van der Waals surface area (Å²) >= 11 is 5.31. The van der Waals surface area contributed by atoms with Crippen LogP contribution in [0.15, 0.2) is 40.2 Å². The van der Waals surface area contributed by atoms with E-state index in [1.165, 1.54) is 14.0 Å². The van der Waals surface area contributed by atoms with Gasteiger partial charge in [0, 0.05) is 54.2 Å². The molecular weight excluding hydrogens is 410 g/mol. The van der Waals surface area contributed by atoms with Crippen molar-refractivity contribution in [3.63, 3.8) is 0 Å². The van der Waals surface area contributed by atoms with Crippen LogP contribution in [-0.4, -0.2) is 46.9 Å². The summed E-state index contributed by atoms with van der Waals surface area (Å²) in [6.07, 6.45) is 0.480. The topological polar surface area (TPSA) is 39.3 Å². The first-order chi connectivity index (χ1) is 12.6. The molecule has 0 atom stereocenters. The predicted molar refractivity (Wildman–Crippen MR) is 111 cm³/mol. The molecule has 2 aromatic heterocycles. The summed E-state index contributed by atoms with van der Waals surface area (Å²) in [6, 6.07) is 12.5. The van der Waals surface area contributed by atoms with Crippen molar-refractivity contribution in [2.45, 2.75) is 19.9 Å². The number of carbonyl (C=O) groups excluding carboxylic acids is 1. The number of amides is 1. The number of aryl methyl sites for hydroxylation is 1. The molecule has 0 radical (unpaired) electrons. The Morgan fingerprint density at radius 1 is 1.15 bits per heavy atom. The maximum Gasteiger partial charge on any atom is 0.227 e. The Morgan fingerprint density at radius 3 is 2.65 bits per heavy atom. The normalized spacial score (nSPS) is 15.7. The molecule has 0 spiro atoms. The van der Waals surface area contributed by atoms with E-state index in [1.54, 1.807) is 11.3 Å². The number of thiophene rings is 1. The Bertz CT molecular complexity index is 924. The molecule has 1 N–H and O–H groups in total. The van der Waals surface area contributed by atoms with Crippen LogP contribution in [0.25, 0.3) is 10.9 Å². The summed E-state index contributed by atoms with van der Waals surface area (Å²) in [5, 5.41) is 1.17. The number of hydrogen-bond donors (Lipinski definition) is 1. The van der Waals surface area contributed by atoms with Crippen molar-refractivity contribution in [1.29, 1.82) is 0 Å². The van der Waals surface area contributed by atoms with Gasteiger partial charge in [-0.1, -0.05) is 18.2 Å². The third-order valence-corrected chi connectivity index (χ3v) is 6.70. The Labute approximate surface area is 165 Å². The number of hydrogen-bond acceptors (Lipinski definition) is 3. The summed E-state index contributed by atoms with van der Waals surface area (Å²) in [5.41, 5.74) is 3.35. The summed E-state index contributed by atoms with van der Waals surface area (Å²) < 4.78 is 1.18. The van der Waals surface area contributed by atoms with E-state index in [0.717, 1.165) is 49.5 Å². The molecule has 4 nitrogen and oxygen atoms in total. The van der Waals surface area contributed by atoms with Crippen LogP contribution in [0.4, 0.5) is 0 Å². The number of nitrogens with one attached hydrogen (secondary N) is 1. The summed E-state index contributed by atoms with van der Waals surface area (Å²) in [6.45, 7) is 6.53. The number of H-pyrrole nitrogens is 1. The van der Waals surface area contributed by atoms with Crippen LogP contribution in [0.5, 0.6) is 0 Å². The van der Waals surface area contributed by atoms with E-state index in [4.69, 9.17) is 0 Å². The van der Waals surface area contributed by atoms with Crippen LogP contribution in [0.1, 0.15) is 16.1 Å². The maximum absolute atomic E-state index is 12.8. The van der Waals surface area contributed by atoms with Crippen LogP contribution >= 0.6 is 27.3 Å². The van der Waals surface area contributed by atoms with Crippen molar-refractivity contribution in [3.8, 4) is 0 Å². The Kier molecular flexibility index (Phi) is 5.16. The molecule has 1 aliphatic heterocycles. The van der Waals surface area contributed by atoms with Crippen LogP contribution in [0.2, 0.25) is 0 Å². The first kappa shape index (κ1) is 17.8. The lowest BCUT2D eigenvalue weighted by Gasteiger charge is -2.34. The summed E-state index contributed by atoms with van der Waals surface area (Å²) in [4.78, 5) is 22.0. The van der Waals surface area contributed by atoms with Gasteiger partial charge in [0.1, 0.15) is 0 Å². The molecule has 3 aromatic rings. The molecule has 1 saturated heterocycles. The van der Waals surface area contributed by atoms with Gasteiger partial charge in [0.15, 0.2) is 0 Å². The number of carbonyl (C=O) groups is 1. The third-order valence-electron chi connectivity index (χ3n) is 5.09. The minimum atomic E-state index is 0.233. The number of para-hydroxylation sites is 1. The molecule has 6 heteroatoms. The Hall–Kier alpha value is -1.63. The zero-order chi connectivity index (χ0) is 18.1. The minimum Gasteiger partial charge on any atom is -0.358 e. The molecule has 1 aliphatic rings. The molecular formula is C20H22BrN3OS. The molecule has 1 amide bonds. The average molecular weight is 432 g/mol. The fourth-order valence-electron chi connectivity index (χ4n) is 3.64. The third kappa shape index (κ3) is 3.72. The lowest BCUT2D eigenvalue weighted by atomic mass is 10.1. The van der Waals surface area contributed by atoms with Gasteiger partial charge < -0.3 is 9.88 Å². The Balaban J connectivity index is 1.37. The van der Waals surface area contributed by atoms with Crippen molar-refractivity contribution >= 4 is 44.1 Å². The molecule has 0 saturated carbocycles. The van der Waals surface area contributed by atoms with Crippen molar-refractivity contribution in [1.82, 2.24) is 14.8 Å². The van der Waals surface area contributed by atoms with E-state index in [9.17, 15) is 4.79 Å². The molecule has 0 bridgehead atoms. The fraction of sp³-hybridized carbons (Fsp3) is 0.350. The highest BCUT2D eigenvalue weighted by Crippen LogP contribution is 2.25. The van der Waals surface area contributed by atoms with E-state index in [-0.39, 0.29) is 5.91 Å². The quantitative estimate of drug-likeness (QED) is 0.672. The largest absolute Gasteiger partial charge is 0.358 e. The van der Waals surface area contributed by atoms with Gasteiger partial charge in [-0.3, -0.25) is 9.69 Å². The molecule has 26 heavy (non-hydrogen) atoms. The minimum absolute atomic E-state index is 0.233. The van der Waals surface area contributed by atoms with Crippen molar-refractivity contribution < 1.29 is 4.79 Å². The van der Waals surface area contributed by atoms with Gasteiger partial charge in [-0.25, -0.2) is 0 Å². The lowest BCUT2D eigenvalue weighted by Crippen LogP contribution is -2.48. The molecule has 0 aliphatic carbocycles. The van der Waals surface area contributed by atoms with Gasteiger partial charge in [0.25, 0.3) is 0 Å². The zero-order valence-corrected chi connectivity index (χ0v) is 17.2. The van der Waals surface area contributed by atoms with E-state index in [0.29, 0.717) is 6.42 Å². The van der Waals surface area contributed by atoms with Crippen LogP contribution < -0.4 is 0 Å². The molecule has 136 valence electrons. The highest BCUT2D eigenvalue weighted by molar-refractivity contribution is 9.11. The SMILES string of the molecule is Cc1[nH]c2ccccc2c1CC(=O)N1CCN(Cc2ccc(Br)s2)CC1. The second-order valence-electron chi connectivity index (χ2n) is 6.81. The van der Waals surface area contributed by atoms with E-state index >= 15 is 0 Å². The van der Waals surface area contributed by atoms with Crippen LogP contribution in [-0.2, 0) is 17.8 Å². The second kappa shape index (κ2) is 7.55. The van der Waals surface area contributed by atoms with Gasteiger partial charge in [-0.15, -0.1) is 11.3 Å². The van der Waals surface area contributed by atoms with Gasteiger partial charge in [-0.2, -0.15) is 0 Å². The molecule has 1 aromatic carbocycles. The van der Waals surface area contributed by atoms with Crippen molar-refractivity contribution in [3.05, 3.63) is 56.3 Å². The van der Waals surface area contributed by atoms with E-state index in [2.05, 4.69) is 57.0 Å². The number of aromatic amines is 1. The average Bonchev–Trinajstić information content (AvgIpc) is 3.19. The van der Waals surface area contributed by atoms with Gasteiger partial charge >= 0.3 is 0 Å². The summed E-state index contributed by atoms with van der Waals surface area (Å²) in [7, 11) is 0. The molecule has 4 rings (SSSR count). The summed E-state index contributed by atoms with van der Waals surface area (Å²) in [5.74, 6) is 0.233. The molecule has 3 heterocycles. The monoisotopic (exact) mass is 431 g/mol. The number of benzene rings is 1.